The monoisotopic (exact) mass is 449 g/mol. The molecule has 1 N–H and O–H groups in total. The van der Waals surface area contributed by atoms with Gasteiger partial charge in [0.2, 0.25) is 0 Å². The summed E-state index contributed by atoms with van der Waals surface area (Å²) in [6.07, 6.45) is -4.55. The van der Waals surface area contributed by atoms with Crippen LogP contribution in [0.3, 0.4) is 0 Å². The lowest BCUT2D eigenvalue weighted by Crippen LogP contribution is -2.14. The predicted molar refractivity (Wildman–Crippen MR) is 113 cm³/mol. The molecule has 0 aliphatic heterocycles. The predicted octanol–water partition coefficient (Wildman–Crippen LogP) is 6.59. The average molecular weight is 450 g/mol. The van der Waals surface area contributed by atoms with Crippen LogP contribution in [0.1, 0.15) is 28.4 Å². The van der Waals surface area contributed by atoms with Crippen LogP contribution in [0.15, 0.2) is 66.7 Å². The zero-order chi connectivity index (χ0) is 22.4. The Bertz CT molecular complexity index is 1060. The first kappa shape index (κ1) is 22.5. The van der Waals surface area contributed by atoms with E-state index < -0.39 is 17.6 Å². The van der Waals surface area contributed by atoms with E-state index in [4.69, 9.17) is 21.1 Å². The third kappa shape index (κ3) is 5.92. The molecule has 3 aromatic carbocycles. The first-order valence-corrected chi connectivity index (χ1v) is 9.77. The van der Waals surface area contributed by atoms with Gasteiger partial charge < -0.3 is 14.8 Å². The molecule has 31 heavy (non-hydrogen) atoms. The molecule has 0 aliphatic rings. The van der Waals surface area contributed by atoms with Crippen molar-refractivity contribution in [2.24, 2.45) is 0 Å². The molecular formula is C23H19ClF3NO3. The highest BCUT2D eigenvalue weighted by Crippen LogP contribution is 2.34. The van der Waals surface area contributed by atoms with Crippen molar-refractivity contribution < 1.29 is 27.4 Å². The fourth-order valence-corrected chi connectivity index (χ4v) is 2.96. The summed E-state index contributed by atoms with van der Waals surface area (Å²) < 4.78 is 50.3. The quantitative estimate of drug-likeness (QED) is 0.442. The first-order chi connectivity index (χ1) is 14.8. The minimum Gasteiger partial charge on any atom is -0.493 e. The van der Waals surface area contributed by atoms with E-state index in [2.05, 4.69) is 5.32 Å². The molecule has 0 bridgehead atoms. The zero-order valence-electron chi connectivity index (χ0n) is 16.5. The van der Waals surface area contributed by atoms with Crippen LogP contribution in [-0.2, 0) is 12.8 Å². The van der Waals surface area contributed by atoms with Crippen LogP contribution in [0.4, 0.5) is 18.9 Å². The van der Waals surface area contributed by atoms with Crippen molar-refractivity contribution in [3.63, 3.8) is 0 Å². The van der Waals surface area contributed by atoms with E-state index in [0.717, 1.165) is 18.2 Å². The second kappa shape index (κ2) is 9.75. The lowest BCUT2D eigenvalue weighted by molar-refractivity contribution is -0.137. The average Bonchev–Trinajstić information content (AvgIpc) is 2.74. The summed E-state index contributed by atoms with van der Waals surface area (Å²) in [4.78, 5) is 12.7. The van der Waals surface area contributed by atoms with Gasteiger partial charge in [-0.15, -0.1) is 0 Å². The van der Waals surface area contributed by atoms with Crippen molar-refractivity contribution in [1.29, 1.82) is 0 Å². The molecular weight excluding hydrogens is 431 g/mol. The molecule has 0 fully saturated rings. The molecule has 0 atom stereocenters. The molecule has 1 amide bonds. The SMILES string of the molecule is CCOc1ccc(C(=O)Nc2cc(C(F)(F)F)ccc2Cl)cc1COc1ccccc1. The van der Waals surface area contributed by atoms with Gasteiger partial charge in [-0.1, -0.05) is 29.8 Å². The number of halogens is 4. The van der Waals surface area contributed by atoms with Crippen molar-refractivity contribution in [1.82, 2.24) is 0 Å². The molecule has 3 rings (SSSR count). The normalized spacial score (nSPS) is 11.1. The highest BCUT2D eigenvalue weighted by molar-refractivity contribution is 6.34. The third-order valence-electron chi connectivity index (χ3n) is 4.30. The Hall–Kier alpha value is -3.19. The van der Waals surface area contributed by atoms with Gasteiger partial charge in [0.05, 0.1) is 22.9 Å². The Balaban J connectivity index is 1.82. The minimum absolute atomic E-state index is 0.0000733. The number of ether oxygens (including phenoxy) is 2. The van der Waals surface area contributed by atoms with Crippen LogP contribution in [0.2, 0.25) is 5.02 Å². The molecule has 0 spiro atoms. The fraction of sp³-hybridized carbons (Fsp3) is 0.174. The number of amides is 1. The summed E-state index contributed by atoms with van der Waals surface area (Å²) in [7, 11) is 0. The van der Waals surface area contributed by atoms with Crippen molar-refractivity contribution >= 4 is 23.2 Å². The molecule has 0 saturated heterocycles. The van der Waals surface area contributed by atoms with E-state index in [1.807, 2.05) is 25.1 Å². The number of anilines is 1. The summed E-state index contributed by atoms with van der Waals surface area (Å²) in [5, 5.41) is 2.44. The number of nitrogens with one attached hydrogen (secondary N) is 1. The molecule has 8 heteroatoms. The van der Waals surface area contributed by atoms with E-state index in [0.29, 0.717) is 23.7 Å². The summed E-state index contributed by atoms with van der Waals surface area (Å²) in [6.45, 7) is 2.40. The van der Waals surface area contributed by atoms with E-state index in [1.54, 1.807) is 24.3 Å². The Morgan fingerprint density at radius 3 is 2.42 bits per heavy atom. The van der Waals surface area contributed by atoms with Gasteiger partial charge in [-0.3, -0.25) is 4.79 Å². The number of hydrogen-bond donors (Lipinski definition) is 1. The van der Waals surface area contributed by atoms with Gasteiger partial charge in [0.1, 0.15) is 18.1 Å². The Morgan fingerprint density at radius 1 is 1.00 bits per heavy atom. The lowest BCUT2D eigenvalue weighted by atomic mass is 10.1. The zero-order valence-corrected chi connectivity index (χ0v) is 17.3. The highest BCUT2D eigenvalue weighted by Gasteiger charge is 2.31. The lowest BCUT2D eigenvalue weighted by Gasteiger charge is -2.14. The second-order valence-electron chi connectivity index (χ2n) is 6.50. The van der Waals surface area contributed by atoms with Crippen LogP contribution in [0.5, 0.6) is 11.5 Å². The van der Waals surface area contributed by atoms with Gasteiger partial charge in [-0.25, -0.2) is 0 Å². The number of benzene rings is 3. The Morgan fingerprint density at radius 2 is 1.74 bits per heavy atom. The van der Waals surface area contributed by atoms with E-state index in [1.165, 1.54) is 6.07 Å². The second-order valence-corrected chi connectivity index (χ2v) is 6.91. The van der Waals surface area contributed by atoms with Gasteiger partial charge in [0.15, 0.2) is 0 Å². The molecule has 0 radical (unpaired) electrons. The van der Waals surface area contributed by atoms with Crippen molar-refractivity contribution in [3.8, 4) is 11.5 Å². The first-order valence-electron chi connectivity index (χ1n) is 9.39. The summed E-state index contributed by atoms with van der Waals surface area (Å²) in [6, 6.07) is 16.6. The van der Waals surface area contributed by atoms with Gasteiger partial charge in [0, 0.05) is 11.1 Å². The van der Waals surface area contributed by atoms with Crippen molar-refractivity contribution in [3.05, 3.63) is 88.4 Å². The molecule has 0 heterocycles. The summed E-state index contributed by atoms with van der Waals surface area (Å²) in [5.41, 5.74) is -0.189. The van der Waals surface area contributed by atoms with Crippen LogP contribution < -0.4 is 14.8 Å². The van der Waals surface area contributed by atoms with Gasteiger partial charge >= 0.3 is 6.18 Å². The molecule has 0 unspecified atom stereocenters. The van der Waals surface area contributed by atoms with Gasteiger partial charge in [-0.05, 0) is 55.5 Å². The van der Waals surface area contributed by atoms with Crippen LogP contribution in [0, 0.1) is 0 Å². The smallest absolute Gasteiger partial charge is 0.416 e. The van der Waals surface area contributed by atoms with E-state index >= 15 is 0 Å². The number of alkyl halides is 3. The number of carbonyl (C=O) groups is 1. The molecule has 0 saturated carbocycles. The Kier molecular flexibility index (Phi) is 7.07. The number of rotatable bonds is 7. The molecule has 0 aromatic heterocycles. The molecule has 4 nitrogen and oxygen atoms in total. The fourth-order valence-electron chi connectivity index (χ4n) is 2.80. The summed E-state index contributed by atoms with van der Waals surface area (Å²) in [5.74, 6) is 0.591. The van der Waals surface area contributed by atoms with Crippen LogP contribution >= 0.6 is 11.6 Å². The van der Waals surface area contributed by atoms with Crippen LogP contribution in [-0.4, -0.2) is 12.5 Å². The summed E-state index contributed by atoms with van der Waals surface area (Å²) >= 11 is 5.97. The maximum Gasteiger partial charge on any atom is 0.416 e. The largest absolute Gasteiger partial charge is 0.493 e. The minimum atomic E-state index is -4.55. The molecule has 162 valence electrons. The molecule has 0 aliphatic carbocycles. The van der Waals surface area contributed by atoms with Crippen molar-refractivity contribution in [2.75, 3.05) is 11.9 Å². The standard InChI is InChI=1S/C23H19ClF3NO3/c1-2-30-21-11-8-15(12-16(21)14-31-18-6-4-3-5-7-18)22(29)28-20-13-17(23(25,26)27)9-10-19(20)24/h3-13H,2,14H2,1H3,(H,28,29). The van der Waals surface area contributed by atoms with E-state index in [-0.39, 0.29) is 22.9 Å². The molecule has 3 aromatic rings. The third-order valence-corrected chi connectivity index (χ3v) is 4.63. The van der Waals surface area contributed by atoms with E-state index in [9.17, 15) is 18.0 Å². The van der Waals surface area contributed by atoms with Crippen molar-refractivity contribution in [2.45, 2.75) is 19.7 Å². The topological polar surface area (TPSA) is 47.6 Å². The number of para-hydroxylation sites is 1. The van der Waals surface area contributed by atoms with Gasteiger partial charge in [-0.2, -0.15) is 13.2 Å². The Labute approximate surface area is 182 Å². The number of hydrogen-bond acceptors (Lipinski definition) is 3. The maximum atomic E-state index is 13.0. The van der Waals surface area contributed by atoms with Crippen LogP contribution in [0.25, 0.3) is 0 Å². The maximum absolute atomic E-state index is 13.0. The number of carbonyl (C=O) groups excluding carboxylic acids is 1. The highest BCUT2D eigenvalue weighted by atomic mass is 35.5. The van der Waals surface area contributed by atoms with Gasteiger partial charge in [0.25, 0.3) is 5.91 Å².